The molecule has 2 aromatic rings. The molecule has 0 fully saturated rings. The number of sulfonamides is 1. The molecule has 0 radical (unpaired) electrons. The summed E-state index contributed by atoms with van der Waals surface area (Å²) in [5.74, 6) is 0.617. The summed E-state index contributed by atoms with van der Waals surface area (Å²) in [5.41, 5.74) is 5.37. The first-order valence-corrected chi connectivity index (χ1v) is 8.33. The van der Waals surface area contributed by atoms with Gasteiger partial charge in [-0.1, -0.05) is 0 Å². The highest BCUT2D eigenvalue weighted by Gasteiger charge is 2.15. The molecular weight excluding hydrogens is 298 g/mol. The summed E-state index contributed by atoms with van der Waals surface area (Å²) in [5, 5.41) is 2.04. The standard InChI is InChI=1S/C12H15N3O3S2/c13-6-1-8-18-10-2-4-11(5-3-10)20(16,17)15-12-14-7-9-19-12/h2-5,7,9H,1,6,8,13H2,(H,14,15). The predicted octanol–water partition coefficient (Wildman–Crippen LogP) is 1.67. The lowest BCUT2D eigenvalue weighted by atomic mass is 10.3. The van der Waals surface area contributed by atoms with E-state index in [-0.39, 0.29) is 4.90 Å². The van der Waals surface area contributed by atoms with E-state index >= 15 is 0 Å². The lowest BCUT2D eigenvalue weighted by molar-refractivity contribution is 0.313. The van der Waals surface area contributed by atoms with Crippen LogP contribution in [0.2, 0.25) is 0 Å². The first-order valence-electron chi connectivity index (χ1n) is 5.97. The summed E-state index contributed by atoms with van der Waals surface area (Å²) in [4.78, 5) is 4.05. The maximum absolute atomic E-state index is 12.1. The molecule has 3 N–H and O–H groups in total. The number of ether oxygens (including phenoxy) is 1. The second-order valence-corrected chi connectivity index (χ2v) is 6.48. The van der Waals surface area contributed by atoms with E-state index in [0.29, 0.717) is 24.0 Å². The van der Waals surface area contributed by atoms with E-state index in [4.69, 9.17) is 10.5 Å². The van der Waals surface area contributed by atoms with Crippen LogP contribution in [-0.2, 0) is 10.0 Å². The molecule has 0 unspecified atom stereocenters. The molecule has 6 nitrogen and oxygen atoms in total. The molecule has 0 atom stereocenters. The molecule has 0 saturated heterocycles. The average Bonchev–Trinajstić information content (AvgIpc) is 2.92. The molecular formula is C12H15N3O3S2. The maximum Gasteiger partial charge on any atom is 0.263 e. The number of anilines is 1. The van der Waals surface area contributed by atoms with Crippen molar-refractivity contribution in [2.45, 2.75) is 11.3 Å². The Balaban J connectivity index is 2.05. The van der Waals surface area contributed by atoms with Gasteiger partial charge in [-0.3, -0.25) is 4.72 Å². The highest BCUT2D eigenvalue weighted by atomic mass is 32.2. The first-order chi connectivity index (χ1) is 9.62. The first kappa shape index (κ1) is 14.8. The van der Waals surface area contributed by atoms with Gasteiger partial charge in [0.2, 0.25) is 0 Å². The molecule has 0 saturated carbocycles. The van der Waals surface area contributed by atoms with Crippen molar-refractivity contribution in [2.24, 2.45) is 5.73 Å². The number of aromatic nitrogens is 1. The summed E-state index contributed by atoms with van der Waals surface area (Å²) in [6, 6.07) is 6.22. The summed E-state index contributed by atoms with van der Waals surface area (Å²) in [6.07, 6.45) is 2.29. The third-order valence-corrected chi connectivity index (χ3v) is 4.58. The van der Waals surface area contributed by atoms with Crippen LogP contribution in [0.4, 0.5) is 5.13 Å². The zero-order chi connectivity index (χ0) is 14.4. The van der Waals surface area contributed by atoms with E-state index in [0.717, 1.165) is 6.42 Å². The van der Waals surface area contributed by atoms with E-state index in [1.54, 1.807) is 17.5 Å². The Morgan fingerprint density at radius 2 is 2.05 bits per heavy atom. The van der Waals surface area contributed by atoms with Crippen molar-refractivity contribution >= 4 is 26.5 Å². The molecule has 1 heterocycles. The summed E-state index contributed by atoms with van der Waals surface area (Å²) < 4.78 is 32.0. The second-order valence-electron chi connectivity index (χ2n) is 3.90. The molecule has 2 rings (SSSR count). The van der Waals surface area contributed by atoms with Crippen molar-refractivity contribution in [3.05, 3.63) is 35.8 Å². The molecule has 0 bridgehead atoms. The van der Waals surface area contributed by atoms with Crippen LogP contribution < -0.4 is 15.2 Å². The van der Waals surface area contributed by atoms with Gasteiger partial charge < -0.3 is 10.5 Å². The number of thiazole rings is 1. The normalized spacial score (nSPS) is 11.2. The Labute approximate surface area is 121 Å². The van der Waals surface area contributed by atoms with E-state index in [9.17, 15) is 8.42 Å². The van der Waals surface area contributed by atoms with Gasteiger partial charge in [-0.25, -0.2) is 13.4 Å². The van der Waals surface area contributed by atoms with Crippen LogP contribution in [0.1, 0.15) is 6.42 Å². The van der Waals surface area contributed by atoms with E-state index in [1.165, 1.54) is 29.7 Å². The van der Waals surface area contributed by atoms with Crippen LogP contribution in [0.5, 0.6) is 5.75 Å². The Kier molecular flexibility index (Phi) is 4.94. The number of hydrogen-bond acceptors (Lipinski definition) is 6. The molecule has 0 aliphatic carbocycles. The molecule has 0 aliphatic heterocycles. The van der Waals surface area contributed by atoms with Crippen LogP contribution in [0.25, 0.3) is 0 Å². The van der Waals surface area contributed by atoms with Crippen molar-refractivity contribution < 1.29 is 13.2 Å². The van der Waals surface area contributed by atoms with Gasteiger partial charge in [0.15, 0.2) is 5.13 Å². The topological polar surface area (TPSA) is 94.3 Å². The highest BCUT2D eigenvalue weighted by molar-refractivity contribution is 7.93. The van der Waals surface area contributed by atoms with Gasteiger partial charge >= 0.3 is 0 Å². The van der Waals surface area contributed by atoms with Crippen molar-refractivity contribution in [3.8, 4) is 5.75 Å². The number of nitrogens with zero attached hydrogens (tertiary/aromatic N) is 1. The summed E-state index contributed by atoms with van der Waals surface area (Å²) in [6.45, 7) is 1.07. The molecule has 20 heavy (non-hydrogen) atoms. The predicted molar refractivity (Wildman–Crippen MR) is 78.5 cm³/mol. The van der Waals surface area contributed by atoms with Gasteiger partial charge in [-0.15, -0.1) is 11.3 Å². The van der Waals surface area contributed by atoms with Crippen LogP contribution in [0.15, 0.2) is 40.7 Å². The number of nitrogens with two attached hydrogens (primary N) is 1. The van der Waals surface area contributed by atoms with E-state index < -0.39 is 10.0 Å². The van der Waals surface area contributed by atoms with E-state index in [2.05, 4.69) is 9.71 Å². The molecule has 0 spiro atoms. The molecule has 1 aromatic carbocycles. The van der Waals surface area contributed by atoms with Crippen molar-refractivity contribution in [2.75, 3.05) is 17.9 Å². The third kappa shape index (κ3) is 3.92. The lowest BCUT2D eigenvalue weighted by Gasteiger charge is -2.07. The Morgan fingerprint density at radius 1 is 1.30 bits per heavy atom. The van der Waals surface area contributed by atoms with Crippen LogP contribution in [0.3, 0.4) is 0 Å². The minimum Gasteiger partial charge on any atom is -0.494 e. The quantitative estimate of drug-likeness (QED) is 0.758. The average molecular weight is 313 g/mol. The van der Waals surface area contributed by atoms with Crippen molar-refractivity contribution in [1.29, 1.82) is 0 Å². The fraction of sp³-hybridized carbons (Fsp3) is 0.250. The Morgan fingerprint density at radius 3 is 2.65 bits per heavy atom. The largest absolute Gasteiger partial charge is 0.494 e. The van der Waals surface area contributed by atoms with Gasteiger partial charge in [0.25, 0.3) is 10.0 Å². The van der Waals surface area contributed by atoms with Crippen molar-refractivity contribution in [1.82, 2.24) is 4.98 Å². The van der Waals surface area contributed by atoms with Gasteiger partial charge in [-0.05, 0) is 37.2 Å². The summed E-state index contributed by atoms with van der Waals surface area (Å²) >= 11 is 1.22. The third-order valence-electron chi connectivity index (χ3n) is 2.41. The highest BCUT2D eigenvalue weighted by Crippen LogP contribution is 2.20. The van der Waals surface area contributed by atoms with Crippen molar-refractivity contribution in [3.63, 3.8) is 0 Å². The second kappa shape index (κ2) is 6.69. The Bertz CT molecular complexity index is 624. The smallest absolute Gasteiger partial charge is 0.263 e. The zero-order valence-electron chi connectivity index (χ0n) is 10.7. The molecule has 0 amide bonds. The Hall–Kier alpha value is -1.64. The van der Waals surface area contributed by atoms with Gasteiger partial charge in [-0.2, -0.15) is 0 Å². The maximum atomic E-state index is 12.1. The fourth-order valence-corrected chi connectivity index (χ4v) is 3.22. The molecule has 8 heteroatoms. The SMILES string of the molecule is NCCCOc1ccc(S(=O)(=O)Nc2nccs2)cc1. The fourth-order valence-electron chi connectivity index (χ4n) is 1.44. The number of rotatable bonds is 7. The zero-order valence-corrected chi connectivity index (χ0v) is 12.3. The van der Waals surface area contributed by atoms with Gasteiger partial charge in [0.05, 0.1) is 11.5 Å². The molecule has 1 aromatic heterocycles. The van der Waals surface area contributed by atoms with Crippen LogP contribution in [-0.4, -0.2) is 26.6 Å². The number of benzene rings is 1. The minimum atomic E-state index is -3.60. The monoisotopic (exact) mass is 313 g/mol. The number of nitrogens with one attached hydrogen (secondary N) is 1. The van der Waals surface area contributed by atoms with Gasteiger partial charge in [0, 0.05) is 11.6 Å². The number of hydrogen-bond donors (Lipinski definition) is 2. The van der Waals surface area contributed by atoms with Gasteiger partial charge in [0.1, 0.15) is 5.75 Å². The summed E-state index contributed by atoms with van der Waals surface area (Å²) in [7, 11) is -3.60. The minimum absolute atomic E-state index is 0.166. The van der Waals surface area contributed by atoms with Crippen LogP contribution >= 0.6 is 11.3 Å². The molecule has 108 valence electrons. The molecule has 0 aliphatic rings. The van der Waals surface area contributed by atoms with Crippen LogP contribution in [0, 0.1) is 0 Å². The lowest BCUT2D eigenvalue weighted by Crippen LogP contribution is -2.12. The van der Waals surface area contributed by atoms with E-state index in [1.807, 2.05) is 0 Å².